The molecule has 0 aliphatic carbocycles. The van der Waals surface area contributed by atoms with E-state index in [4.69, 9.17) is 0 Å². The van der Waals surface area contributed by atoms with Crippen LogP contribution in [0.3, 0.4) is 0 Å². The summed E-state index contributed by atoms with van der Waals surface area (Å²) in [5.41, 5.74) is 2.49. The molecule has 4 aromatic rings. The Hall–Kier alpha value is -3.30. The minimum absolute atomic E-state index is 0.0424. The van der Waals surface area contributed by atoms with Crippen LogP contribution in [0, 0.1) is 12.7 Å². The van der Waals surface area contributed by atoms with Crippen molar-refractivity contribution in [1.82, 2.24) is 15.0 Å². The summed E-state index contributed by atoms with van der Waals surface area (Å²) in [6.07, 6.45) is 0. The summed E-state index contributed by atoms with van der Waals surface area (Å²) in [6, 6.07) is 16.7. The predicted molar refractivity (Wildman–Crippen MR) is 122 cm³/mol. The predicted octanol–water partition coefficient (Wildman–Crippen LogP) is 4.74. The fourth-order valence-electron chi connectivity index (χ4n) is 2.82. The molecule has 1 amide bonds. The quantitative estimate of drug-likeness (QED) is 0.326. The molecule has 9 heteroatoms. The van der Waals surface area contributed by atoms with Gasteiger partial charge >= 0.3 is 0 Å². The molecule has 0 bridgehead atoms. The van der Waals surface area contributed by atoms with Crippen molar-refractivity contribution in [1.29, 1.82) is 0 Å². The van der Waals surface area contributed by atoms with Crippen LogP contribution in [0.25, 0.3) is 21.1 Å². The van der Waals surface area contributed by atoms with E-state index in [-0.39, 0.29) is 23.0 Å². The van der Waals surface area contributed by atoms with E-state index in [1.807, 2.05) is 37.3 Å². The molecule has 2 heterocycles. The average Bonchev–Trinajstić information content (AvgIpc) is 3.16. The molecule has 0 unspecified atom stereocenters. The molecule has 4 rings (SSSR count). The van der Waals surface area contributed by atoms with E-state index in [1.54, 1.807) is 0 Å². The second kappa shape index (κ2) is 9.23. The number of aryl methyl sites for hydroxylation is 1. The van der Waals surface area contributed by atoms with Crippen molar-refractivity contribution in [2.75, 3.05) is 11.1 Å². The highest BCUT2D eigenvalue weighted by atomic mass is 32.2. The van der Waals surface area contributed by atoms with E-state index in [9.17, 15) is 14.0 Å². The third-order valence-corrected chi connectivity index (χ3v) is 6.34. The van der Waals surface area contributed by atoms with Crippen LogP contribution in [-0.4, -0.2) is 26.6 Å². The van der Waals surface area contributed by atoms with Crippen LogP contribution in [0.4, 0.5) is 10.1 Å². The largest absolute Gasteiger partial charge is 0.325 e. The molecule has 0 saturated carbocycles. The lowest BCUT2D eigenvalue weighted by atomic mass is 10.2. The molecule has 0 radical (unpaired) electrons. The van der Waals surface area contributed by atoms with Crippen molar-refractivity contribution in [3.05, 3.63) is 82.5 Å². The summed E-state index contributed by atoms with van der Waals surface area (Å²) in [4.78, 5) is 36.9. The van der Waals surface area contributed by atoms with E-state index >= 15 is 0 Å². The Labute approximate surface area is 185 Å². The van der Waals surface area contributed by atoms with Gasteiger partial charge in [-0.15, -0.1) is 11.3 Å². The van der Waals surface area contributed by atoms with Gasteiger partial charge in [-0.1, -0.05) is 42.1 Å². The minimum atomic E-state index is -0.375. The molecule has 0 aliphatic heterocycles. The number of nitrogens with one attached hydrogen (secondary N) is 2. The highest BCUT2D eigenvalue weighted by Crippen LogP contribution is 2.34. The summed E-state index contributed by atoms with van der Waals surface area (Å²) in [5, 5.41) is 3.87. The molecule has 6 nitrogen and oxygen atoms in total. The number of anilines is 1. The number of aromatic amines is 1. The molecule has 0 spiro atoms. The van der Waals surface area contributed by atoms with E-state index in [2.05, 4.69) is 20.3 Å². The zero-order valence-electron chi connectivity index (χ0n) is 16.4. The number of carbonyl (C=O) groups excluding carboxylic acids is 1. The molecule has 0 aliphatic rings. The van der Waals surface area contributed by atoms with Crippen LogP contribution in [-0.2, 0) is 4.79 Å². The van der Waals surface area contributed by atoms with Crippen molar-refractivity contribution < 1.29 is 9.18 Å². The fourth-order valence-corrected chi connectivity index (χ4v) is 4.53. The maximum absolute atomic E-state index is 13.0. The first kappa shape index (κ1) is 21.0. The Morgan fingerprint density at radius 1 is 1.13 bits per heavy atom. The lowest BCUT2D eigenvalue weighted by Crippen LogP contribution is -2.15. The molecule has 2 N–H and O–H groups in total. The van der Waals surface area contributed by atoms with Gasteiger partial charge in [0.25, 0.3) is 5.56 Å². The fraction of sp³-hybridized carbons (Fsp3) is 0.0909. The Bertz CT molecular complexity index is 1270. The summed E-state index contributed by atoms with van der Waals surface area (Å²) < 4.78 is 13.0. The molecule has 0 atom stereocenters. The average molecular weight is 453 g/mol. The van der Waals surface area contributed by atoms with Gasteiger partial charge in [0.05, 0.1) is 22.0 Å². The number of thioether (sulfide) groups is 1. The number of nitrogens with zero attached hydrogens (tertiary/aromatic N) is 2. The monoisotopic (exact) mass is 452 g/mol. The van der Waals surface area contributed by atoms with Gasteiger partial charge in [0, 0.05) is 17.3 Å². The molecular weight excluding hydrogens is 435 g/mol. The number of halogens is 1. The maximum Gasteiger partial charge on any atom is 0.252 e. The van der Waals surface area contributed by atoms with Crippen molar-refractivity contribution in [3.63, 3.8) is 0 Å². The lowest BCUT2D eigenvalue weighted by molar-refractivity contribution is -0.113. The van der Waals surface area contributed by atoms with Crippen LogP contribution < -0.4 is 10.9 Å². The third-order valence-electron chi connectivity index (χ3n) is 4.24. The van der Waals surface area contributed by atoms with Crippen molar-refractivity contribution in [2.24, 2.45) is 0 Å². The van der Waals surface area contributed by atoms with Crippen molar-refractivity contribution >= 4 is 34.7 Å². The van der Waals surface area contributed by atoms with Gasteiger partial charge in [0.2, 0.25) is 5.91 Å². The van der Waals surface area contributed by atoms with E-state index in [0.29, 0.717) is 16.5 Å². The molecule has 31 heavy (non-hydrogen) atoms. The van der Waals surface area contributed by atoms with Crippen molar-refractivity contribution in [2.45, 2.75) is 12.1 Å². The number of hydrogen-bond acceptors (Lipinski definition) is 6. The Morgan fingerprint density at radius 2 is 1.87 bits per heavy atom. The second-order valence-corrected chi connectivity index (χ2v) is 8.54. The second-order valence-electron chi connectivity index (χ2n) is 6.58. The Balaban J connectivity index is 1.50. The minimum Gasteiger partial charge on any atom is -0.325 e. The highest BCUT2D eigenvalue weighted by Gasteiger charge is 2.15. The number of H-pyrrole nitrogens is 1. The molecule has 2 aromatic carbocycles. The van der Waals surface area contributed by atoms with Crippen LogP contribution in [0.2, 0.25) is 0 Å². The number of aromatic nitrogens is 3. The summed E-state index contributed by atoms with van der Waals surface area (Å²) >= 11 is 2.58. The van der Waals surface area contributed by atoms with Gasteiger partial charge in [-0.2, -0.15) is 0 Å². The van der Waals surface area contributed by atoms with Crippen molar-refractivity contribution in [3.8, 4) is 21.1 Å². The Kier molecular flexibility index (Phi) is 6.24. The van der Waals surface area contributed by atoms with Gasteiger partial charge in [-0.3, -0.25) is 9.59 Å². The number of benzene rings is 2. The Morgan fingerprint density at radius 3 is 2.61 bits per heavy atom. The highest BCUT2D eigenvalue weighted by molar-refractivity contribution is 7.99. The number of amides is 1. The first-order chi connectivity index (χ1) is 15.0. The van der Waals surface area contributed by atoms with Crippen LogP contribution in [0.5, 0.6) is 0 Å². The van der Waals surface area contributed by atoms with Crippen LogP contribution in [0.15, 0.2) is 70.6 Å². The SMILES string of the molecule is Cc1nc(-c2ccccc2)sc1-c1cc(=O)[nH]c(SCC(=O)Nc2ccc(F)cc2)n1. The lowest BCUT2D eigenvalue weighted by Gasteiger charge is -2.05. The first-order valence-corrected chi connectivity index (χ1v) is 11.1. The van der Waals surface area contributed by atoms with E-state index in [0.717, 1.165) is 32.9 Å². The van der Waals surface area contributed by atoms with Gasteiger partial charge in [-0.25, -0.2) is 14.4 Å². The van der Waals surface area contributed by atoms with Gasteiger partial charge in [-0.05, 0) is 31.2 Å². The molecule has 0 fully saturated rings. The number of carbonyl (C=O) groups is 1. The van der Waals surface area contributed by atoms with Gasteiger partial charge < -0.3 is 10.3 Å². The zero-order valence-corrected chi connectivity index (χ0v) is 18.0. The van der Waals surface area contributed by atoms with E-state index < -0.39 is 0 Å². The maximum atomic E-state index is 13.0. The normalized spacial score (nSPS) is 10.8. The summed E-state index contributed by atoms with van der Waals surface area (Å²) in [6.45, 7) is 1.88. The third kappa shape index (κ3) is 5.25. The number of hydrogen-bond donors (Lipinski definition) is 2. The zero-order chi connectivity index (χ0) is 21.8. The summed E-state index contributed by atoms with van der Waals surface area (Å²) in [7, 11) is 0. The standard InChI is InChI=1S/C22H17FN4O2S2/c1-13-20(31-21(24-13)14-5-3-2-4-6-14)17-11-18(28)27-22(26-17)30-12-19(29)25-16-9-7-15(23)8-10-16/h2-11H,12H2,1H3,(H,25,29)(H,26,27,28). The van der Waals surface area contributed by atoms with Gasteiger partial charge in [0.15, 0.2) is 5.16 Å². The topological polar surface area (TPSA) is 87.7 Å². The molecular formula is C22H17FN4O2S2. The molecule has 0 saturated heterocycles. The number of thiazole rings is 1. The summed E-state index contributed by atoms with van der Waals surface area (Å²) in [5.74, 6) is -0.620. The van der Waals surface area contributed by atoms with Crippen LogP contribution in [0.1, 0.15) is 5.69 Å². The smallest absolute Gasteiger partial charge is 0.252 e. The first-order valence-electron chi connectivity index (χ1n) is 9.31. The van der Waals surface area contributed by atoms with Crippen LogP contribution >= 0.6 is 23.1 Å². The molecule has 2 aromatic heterocycles. The van der Waals surface area contributed by atoms with E-state index in [1.165, 1.54) is 41.7 Å². The molecule has 156 valence electrons. The number of rotatable bonds is 6. The van der Waals surface area contributed by atoms with Gasteiger partial charge in [0.1, 0.15) is 10.8 Å².